The van der Waals surface area contributed by atoms with Crippen LogP contribution < -0.4 is 0 Å². The van der Waals surface area contributed by atoms with Crippen LogP contribution in [0, 0.1) is 12.7 Å². The Morgan fingerprint density at radius 1 is 1.28 bits per heavy atom. The smallest absolute Gasteiger partial charge is 0.243 e. The molecule has 0 amide bonds. The summed E-state index contributed by atoms with van der Waals surface area (Å²) in [5.74, 6) is -0.639. The van der Waals surface area contributed by atoms with Gasteiger partial charge in [0.05, 0.1) is 17.1 Å². The van der Waals surface area contributed by atoms with Gasteiger partial charge in [0, 0.05) is 13.1 Å². The Hall–Kier alpha value is -1.02. The van der Waals surface area contributed by atoms with Crippen molar-refractivity contribution in [2.45, 2.75) is 24.0 Å². The fraction of sp³-hybridized carbons (Fsp3) is 0.455. The highest BCUT2D eigenvalue weighted by Gasteiger charge is 2.38. The maximum Gasteiger partial charge on any atom is 0.243 e. The number of sulfonamides is 1. The van der Waals surface area contributed by atoms with Crippen LogP contribution in [0.5, 0.6) is 0 Å². The molecule has 2 atom stereocenters. The molecule has 7 heteroatoms. The maximum absolute atomic E-state index is 13.1. The summed E-state index contributed by atoms with van der Waals surface area (Å²) in [6.45, 7) is 1.20. The molecule has 1 aliphatic rings. The van der Waals surface area contributed by atoms with Crippen LogP contribution in [0.1, 0.15) is 5.56 Å². The highest BCUT2D eigenvalue weighted by Crippen LogP contribution is 2.24. The summed E-state index contributed by atoms with van der Waals surface area (Å²) in [5.41, 5.74) is 0.423. The fourth-order valence-electron chi connectivity index (χ4n) is 1.92. The van der Waals surface area contributed by atoms with Gasteiger partial charge in [-0.1, -0.05) is 6.07 Å². The first-order chi connectivity index (χ1) is 8.32. The molecule has 0 spiro atoms. The Morgan fingerprint density at radius 2 is 1.83 bits per heavy atom. The fourth-order valence-corrected chi connectivity index (χ4v) is 3.63. The number of aryl methyl sites for hydroxylation is 1. The third-order valence-corrected chi connectivity index (χ3v) is 4.97. The summed E-state index contributed by atoms with van der Waals surface area (Å²) < 4.78 is 38.6. The Kier molecular flexibility index (Phi) is 3.41. The lowest BCUT2D eigenvalue weighted by Gasteiger charge is -2.17. The van der Waals surface area contributed by atoms with Gasteiger partial charge in [0.1, 0.15) is 5.82 Å². The molecular formula is C11H14FNO4S. The number of hydrogen-bond donors (Lipinski definition) is 2. The number of aliphatic hydroxyl groups excluding tert-OH is 2. The van der Waals surface area contributed by atoms with Crippen LogP contribution >= 0.6 is 0 Å². The standard InChI is InChI=1S/C11H14FNO4S/c1-7-2-3-8(12)4-11(7)18(16,17)13-5-9(14)10(15)6-13/h2-4,9-10,14-15H,5-6H2,1H3/t9-,10+. The van der Waals surface area contributed by atoms with Crippen LogP contribution in [-0.2, 0) is 10.0 Å². The predicted octanol–water partition coefficient (Wildman–Crippen LogP) is -0.140. The molecule has 5 nitrogen and oxygen atoms in total. The molecule has 1 saturated heterocycles. The molecule has 1 aromatic carbocycles. The minimum absolute atomic E-state index is 0.135. The van der Waals surface area contributed by atoms with Crippen molar-refractivity contribution in [2.75, 3.05) is 13.1 Å². The van der Waals surface area contributed by atoms with E-state index in [0.29, 0.717) is 5.56 Å². The molecule has 1 heterocycles. The van der Waals surface area contributed by atoms with E-state index in [1.165, 1.54) is 12.1 Å². The zero-order valence-electron chi connectivity index (χ0n) is 9.75. The number of rotatable bonds is 2. The zero-order valence-corrected chi connectivity index (χ0v) is 10.6. The van der Waals surface area contributed by atoms with Crippen molar-refractivity contribution in [1.29, 1.82) is 0 Å². The van der Waals surface area contributed by atoms with Crippen LogP contribution in [0.2, 0.25) is 0 Å². The van der Waals surface area contributed by atoms with Gasteiger partial charge in [-0.3, -0.25) is 0 Å². The molecule has 100 valence electrons. The maximum atomic E-state index is 13.1. The summed E-state index contributed by atoms with van der Waals surface area (Å²) >= 11 is 0. The molecule has 0 radical (unpaired) electrons. The molecule has 0 aliphatic carbocycles. The summed E-state index contributed by atoms with van der Waals surface area (Å²) in [6.07, 6.45) is -2.21. The van der Waals surface area contributed by atoms with Crippen LogP contribution in [-0.4, -0.2) is 48.2 Å². The zero-order chi connectivity index (χ0) is 13.5. The lowest BCUT2D eigenvalue weighted by Crippen LogP contribution is -2.30. The molecule has 1 fully saturated rings. The van der Waals surface area contributed by atoms with E-state index in [9.17, 15) is 23.0 Å². The van der Waals surface area contributed by atoms with E-state index in [4.69, 9.17) is 0 Å². The summed E-state index contributed by atoms with van der Waals surface area (Å²) in [5, 5.41) is 18.7. The van der Waals surface area contributed by atoms with Crippen molar-refractivity contribution in [3.8, 4) is 0 Å². The van der Waals surface area contributed by atoms with Gasteiger partial charge in [-0.05, 0) is 24.6 Å². The first-order valence-corrected chi connectivity index (χ1v) is 6.89. The minimum atomic E-state index is -3.88. The number of β-amino-alcohol motifs (C(OH)–C–C–N with tert-alkyl or cyclic N) is 2. The average Bonchev–Trinajstić information content (AvgIpc) is 2.63. The molecule has 0 aromatic heterocycles. The topological polar surface area (TPSA) is 77.8 Å². The first-order valence-electron chi connectivity index (χ1n) is 5.45. The second kappa shape index (κ2) is 4.58. The first kappa shape index (κ1) is 13.4. The third kappa shape index (κ3) is 2.26. The Bertz CT molecular complexity index is 550. The van der Waals surface area contributed by atoms with Crippen molar-refractivity contribution in [3.05, 3.63) is 29.6 Å². The van der Waals surface area contributed by atoms with Crippen molar-refractivity contribution < 1.29 is 23.0 Å². The van der Waals surface area contributed by atoms with Gasteiger partial charge in [0.15, 0.2) is 0 Å². The van der Waals surface area contributed by atoms with Crippen LogP contribution in [0.4, 0.5) is 4.39 Å². The van der Waals surface area contributed by atoms with E-state index in [-0.39, 0.29) is 18.0 Å². The van der Waals surface area contributed by atoms with Crippen molar-refractivity contribution in [2.24, 2.45) is 0 Å². The highest BCUT2D eigenvalue weighted by atomic mass is 32.2. The van der Waals surface area contributed by atoms with E-state index >= 15 is 0 Å². The second-order valence-corrected chi connectivity index (χ2v) is 6.27. The molecule has 2 rings (SSSR count). The number of benzene rings is 1. The number of hydrogen-bond acceptors (Lipinski definition) is 4. The third-order valence-electron chi connectivity index (χ3n) is 2.99. The SMILES string of the molecule is Cc1ccc(F)cc1S(=O)(=O)N1C[C@@H](O)[C@@H](O)C1. The number of halogens is 1. The van der Waals surface area contributed by atoms with E-state index in [0.717, 1.165) is 10.4 Å². The Labute approximate surface area is 105 Å². The van der Waals surface area contributed by atoms with Gasteiger partial charge < -0.3 is 10.2 Å². The van der Waals surface area contributed by atoms with Gasteiger partial charge in [-0.25, -0.2) is 12.8 Å². The quantitative estimate of drug-likeness (QED) is 0.787. The molecule has 2 N–H and O–H groups in total. The number of nitrogens with zero attached hydrogens (tertiary/aromatic N) is 1. The molecule has 18 heavy (non-hydrogen) atoms. The lowest BCUT2D eigenvalue weighted by atomic mass is 10.2. The van der Waals surface area contributed by atoms with E-state index in [1.807, 2.05) is 0 Å². The van der Waals surface area contributed by atoms with E-state index in [1.54, 1.807) is 6.92 Å². The molecule has 0 bridgehead atoms. The molecule has 1 aromatic rings. The number of aliphatic hydroxyl groups is 2. The molecule has 1 aliphatic heterocycles. The van der Waals surface area contributed by atoms with Crippen LogP contribution in [0.15, 0.2) is 23.1 Å². The van der Waals surface area contributed by atoms with Gasteiger partial charge in [-0.15, -0.1) is 0 Å². The second-order valence-electron chi connectivity index (χ2n) is 4.37. The van der Waals surface area contributed by atoms with Gasteiger partial charge in [0.25, 0.3) is 0 Å². The lowest BCUT2D eigenvalue weighted by molar-refractivity contribution is 0.0572. The minimum Gasteiger partial charge on any atom is -0.389 e. The van der Waals surface area contributed by atoms with Crippen LogP contribution in [0.25, 0.3) is 0 Å². The van der Waals surface area contributed by atoms with Gasteiger partial charge in [-0.2, -0.15) is 4.31 Å². The molecular weight excluding hydrogens is 261 g/mol. The van der Waals surface area contributed by atoms with E-state index in [2.05, 4.69) is 0 Å². The average molecular weight is 275 g/mol. The van der Waals surface area contributed by atoms with E-state index < -0.39 is 28.0 Å². The van der Waals surface area contributed by atoms with Crippen LogP contribution in [0.3, 0.4) is 0 Å². The van der Waals surface area contributed by atoms with Crippen molar-refractivity contribution in [3.63, 3.8) is 0 Å². The molecule has 0 unspecified atom stereocenters. The largest absolute Gasteiger partial charge is 0.389 e. The summed E-state index contributed by atoms with van der Waals surface area (Å²) in [7, 11) is -3.88. The monoisotopic (exact) mass is 275 g/mol. The molecule has 0 saturated carbocycles. The highest BCUT2D eigenvalue weighted by molar-refractivity contribution is 7.89. The normalized spacial score (nSPS) is 25.6. The Balaban J connectivity index is 2.40. The van der Waals surface area contributed by atoms with Gasteiger partial charge in [0.2, 0.25) is 10.0 Å². The Morgan fingerprint density at radius 3 is 2.39 bits per heavy atom. The summed E-state index contributed by atoms with van der Waals surface area (Å²) in [6, 6.07) is 3.51. The summed E-state index contributed by atoms with van der Waals surface area (Å²) in [4.78, 5) is -0.135. The van der Waals surface area contributed by atoms with Crippen molar-refractivity contribution >= 4 is 10.0 Å². The van der Waals surface area contributed by atoms with Gasteiger partial charge >= 0.3 is 0 Å². The van der Waals surface area contributed by atoms with Crippen molar-refractivity contribution in [1.82, 2.24) is 4.31 Å². The predicted molar refractivity (Wildman–Crippen MR) is 61.9 cm³/mol.